The third-order valence-corrected chi connectivity index (χ3v) is 5.28. The van der Waals surface area contributed by atoms with Gasteiger partial charge in [-0.25, -0.2) is 0 Å². The van der Waals surface area contributed by atoms with Gasteiger partial charge in [0.1, 0.15) is 17.0 Å². The summed E-state index contributed by atoms with van der Waals surface area (Å²) >= 11 is 1.12. The summed E-state index contributed by atoms with van der Waals surface area (Å²) in [5.74, 6) is 0.965. The molecule has 2 aromatic carbocycles. The first-order valence-corrected chi connectivity index (χ1v) is 9.10. The Kier molecular flexibility index (Phi) is 5.40. The van der Waals surface area contributed by atoms with Gasteiger partial charge in [0, 0.05) is 6.04 Å². The molecule has 0 spiro atoms. The van der Waals surface area contributed by atoms with E-state index < -0.39 is 0 Å². The number of hydrogen-bond acceptors (Lipinski definition) is 5. The number of aromatic hydroxyl groups is 1. The van der Waals surface area contributed by atoms with Crippen LogP contribution in [0.5, 0.6) is 11.5 Å². The third kappa shape index (κ3) is 4.21. The van der Waals surface area contributed by atoms with Crippen LogP contribution in [0.4, 0.5) is 0 Å². The van der Waals surface area contributed by atoms with Crippen LogP contribution >= 0.6 is 11.3 Å². The predicted octanol–water partition coefficient (Wildman–Crippen LogP) is 3.20. The quantitative estimate of drug-likeness (QED) is 0.605. The molecule has 5 nitrogen and oxygen atoms in total. The molecule has 0 bridgehead atoms. The van der Waals surface area contributed by atoms with Crippen molar-refractivity contribution in [2.75, 3.05) is 7.11 Å². The van der Waals surface area contributed by atoms with Crippen molar-refractivity contribution in [3.05, 3.63) is 57.2 Å². The molecule has 0 amide bonds. The maximum atomic E-state index is 11.6. The number of benzene rings is 2. The predicted molar refractivity (Wildman–Crippen MR) is 102 cm³/mol. The molecule has 25 heavy (non-hydrogen) atoms. The zero-order chi connectivity index (χ0) is 17.8. The number of ether oxygens (including phenoxy) is 1. The van der Waals surface area contributed by atoms with Gasteiger partial charge in [0.25, 0.3) is 0 Å². The van der Waals surface area contributed by atoms with Gasteiger partial charge in [-0.2, -0.15) is 0 Å². The molecule has 0 fully saturated rings. The number of fused-ring (bicyclic) bond motifs is 1. The Labute approximate surface area is 150 Å². The minimum atomic E-state index is -0.161. The Balaban J connectivity index is 1.58. The standard InChI is InChI=1S/C19H22N2O3S/c1-24-15-8-5-12(6-9-15)3-2-4-14(20)11-13-7-10-16(22)17-18(13)25-19(23)21-17/h5-10,14,22H,2-4,11,20H2,1H3,(H,21,23). The van der Waals surface area contributed by atoms with Crippen molar-refractivity contribution in [3.8, 4) is 11.5 Å². The molecule has 1 aromatic heterocycles. The summed E-state index contributed by atoms with van der Waals surface area (Å²) < 4.78 is 5.96. The Bertz CT molecular complexity index is 899. The van der Waals surface area contributed by atoms with Gasteiger partial charge < -0.3 is 20.6 Å². The van der Waals surface area contributed by atoms with Crippen LogP contribution in [-0.2, 0) is 12.8 Å². The van der Waals surface area contributed by atoms with Gasteiger partial charge in [0.05, 0.1) is 11.8 Å². The number of rotatable bonds is 7. The molecule has 1 atom stereocenters. The zero-order valence-electron chi connectivity index (χ0n) is 14.1. The van der Waals surface area contributed by atoms with Crippen LogP contribution < -0.4 is 15.3 Å². The first-order chi connectivity index (χ1) is 12.1. The number of aromatic amines is 1. The molecule has 6 heteroatoms. The molecule has 0 aliphatic carbocycles. The third-order valence-electron chi connectivity index (χ3n) is 4.32. The van der Waals surface area contributed by atoms with E-state index in [0.717, 1.165) is 46.6 Å². The van der Waals surface area contributed by atoms with Gasteiger partial charge in [0.15, 0.2) is 0 Å². The highest BCUT2D eigenvalue weighted by Gasteiger charge is 2.12. The Hall–Kier alpha value is -2.31. The monoisotopic (exact) mass is 358 g/mol. The van der Waals surface area contributed by atoms with Crippen molar-refractivity contribution >= 4 is 21.6 Å². The van der Waals surface area contributed by atoms with Crippen LogP contribution in [0.2, 0.25) is 0 Å². The molecule has 4 N–H and O–H groups in total. The van der Waals surface area contributed by atoms with Gasteiger partial charge in [-0.1, -0.05) is 29.5 Å². The molecule has 1 heterocycles. The van der Waals surface area contributed by atoms with E-state index in [0.29, 0.717) is 11.9 Å². The SMILES string of the molecule is COc1ccc(CCCC(N)Cc2ccc(O)c3[nH]c(=O)sc23)cc1. The fourth-order valence-corrected chi connectivity index (χ4v) is 3.86. The van der Waals surface area contributed by atoms with E-state index in [2.05, 4.69) is 17.1 Å². The summed E-state index contributed by atoms with van der Waals surface area (Å²) in [5.41, 5.74) is 9.07. The van der Waals surface area contributed by atoms with Crippen LogP contribution in [0.1, 0.15) is 24.0 Å². The maximum absolute atomic E-state index is 11.6. The molecule has 0 saturated carbocycles. The van der Waals surface area contributed by atoms with Crippen molar-refractivity contribution < 1.29 is 9.84 Å². The van der Waals surface area contributed by atoms with E-state index in [4.69, 9.17) is 10.5 Å². The second-order valence-electron chi connectivity index (χ2n) is 6.17. The van der Waals surface area contributed by atoms with Crippen molar-refractivity contribution in [1.82, 2.24) is 4.98 Å². The number of aryl methyl sites for hydroxylation is 1. The van der Waals surface area contributed by atoms with Gasteiger partial charge in [-0.05, 0) is 55.0 Å². The maximum Gasteiger partial charge on any atom is 0.305 e. The number of phenols is 1. The summed E-state index contributed by atoms with van der Waals surface area (Å²) in [6.45, 7) is 0. The number of nitrogens with one attached hydrogen (secondary N) is 1. The molecule has 3 rings (SSSR count). The number of thiazole rings is 1. The number of methoxy groups -OCH3 is 1. The van der Waals surface area contributed by atoms with E-state index in [9.17, 15) is 9.90 Å². The minimum absolute atomic E-state index is 0.0168. The van der Waals surface area contributed by atoms with E-state index in [1.54, 1.807) is 13.2 Å². The lowest BCUT2D eigenvalue weighted by atomic mass is 9.99. The molecule has 0 radical (unpaired) electrons. The fourth-order valence-electron chi connectivity index (χ4n) is 2.98. The Morgan fingerprint density at radius 1 is 1.24 bits per heavy atom. The second kappa shape index (κ2) is 7.72. The summed E-state index contributed by atoms with van der Waals surface area (Å²) in [7, 11) is 1.66. The van der Waals surface area contributed by atoms with E-state index in [1.807, 2.05) is 18.2 Å². The number of H-pyrrole nitrogens is 1. The van der Waals surface area contributed by atoms with Crippen LogP contribution in [0.25, 0.3) is 10.2 Å². The van der Waals surface area contributed by atoms with Crippen molar-refractivity contribution in [2.45, 2.75) is 31.7 Å². The average molecular weight is 358 g/mol. The summed E-state index contributed by atoms with van der Waals surface area (Å²) in [6.07, 6.45) is 3.55. The molecular weight excluding hydrogens is 336 g/mol. The highest BCUT2D eigenvalue weighted by atomic mass is 32.1. The topological polar surface area (TPSA) is 88.3 Å². The van der Waals surface area contributed by atoms with Crippen molar-refractivity contribution in [1.29, 1.82) is 0 Å². The van der Waals surface area contributed by atoms with E-state index in [-0.39, 0.29) is 16.7 Å². The zero-order valence-corrected chi connectivity index (χ0v) is 14.9. The first kappa shape index (κ1) is 17.5. The molecule has 1 unspecified atom stereocenters. The van der Waals surface area contributed by atoms with Crippen LogP contribution in [0.15, 0.2) is 41.2 Å². The average Bonchev–Trinajstić information content (AvgIpc) is 3.01. The van der Waals surface area contributed by atoms with Crippen LogP contribution in [0.3, 0.4) is 0 Å². The molecule has 0 aliphatic heterocycles. The fraction of sp³-hybridized carbons (Fsp3) is 0.316. The lowest BCUT2D eigenvalue weighted by molar-refractivity contribution is 0.414. The van der Waals surface area contributed by atoms with Crippen molar-refractivity contribution in [2.24, 2.45) is 5.73 Å². The largest absolute Gasteiger partial charge is 0.506 e. The highest BCUT2D eigenvalue weighted by Crippen LogP contribution is 2.28. The van der Waals surface area contributed by atoms with Crippen LogP contribution in [0, 0.1) is 0 Å². The summed E-state index contributed by atoms with van der Waals surface area (Å²) in [4.78, 5) is 14.1. The number of aromatic nitrogens is 1. The molecule has 0 aliphatic rings. The van der Waals surface area contributed by atoms with Gasteiger partial charge >= 0.3 is 4.87 Å². The normalized spacial score (nSPS) is 12.4. The number of nitrogens with two attached hydrogens (primary N) is 1. The number of phenolic OH excluding ortho intramolecular Hbond substituents is 1. The Morgan fingerprint density at radius 2 is 2.00 bits per heavy atom. The van der Waals surface area contributed by atoms with E-state index in [1.165, 1.54) is 5.56 Å². The summed E-state index contributed by atoms with van der Waals surface area (Å²) in [6, 6.07) is 11.6. The lowest BCUT2D eigenvalue weighted by Crippen LogP contribution is -2.22. The molecule has 132 valence electrons. The minimum Gasteiger partial charge on any atom is -0.506 e. The summed E-state index contributed by atoms with van der Waals surface area (Å²) in [5, 5.41) is 9.84. The van der Waals surface area contributed by atoms with Gasteiger partial charge in [0.2, 0.25) is 0 Å². The van der Waals surface area contributed by atoms with Crippen LogP contribution in [-0.4, -0.2) is 23.2 Å². The second-order valence-corrected chi connectivity index (χ2v) is 7.15. The smallest absolute Gasteiger partial charge is 0.305 e. The van der Waals surface area contributed by atoms with Gasteiger partial charge in [-0.3, -0.25) is 4.79 Å². The lowest BCUT2D eigenvalue weighted by Gasteiger charge is -2.12. The van der Waals surface area contributed by atoms with E-state index >= 15 is 0 Å². The number of hydrogen-bond donors (Lipinski definition) is 3. The molecule has 3 aromatic rings. The highest BCUT2D eigenvalue weighted by molar-refractivity contribution is 7.16. The van der Waals surface area contributed by atoms with Gasteiger partial charge in [-0.15, -0.1) is 0 Å². The Morgan fingerprint density at radius 3 is 2.72 bits per heavy atom. The molecular formula is C19H22N2O3S. The molecule has 0 saturated heterocycles. The first-order valence-electron chi connectivity index (χ1n) is 8.29. The van der Waals surface area contributed by atoms with Crippen molar-refractivity contribution in [3.63, 3.8) is 0 Å².